The standard InChI is InChI=1S/C7H15NO3S/c1-7(2,3)12(10,11)5-6(9)8-4/h5H2,1-4H3,(H,8,9). The van der Waals surface area contributed by atoms with Crippen molar-refractivity contribution in [1.82, 2.24) is 5.32 Å². The van der Waals surface area contributed by atoms with E-state index >= 15 is 0 Å². The highest BCUT2D eigenvalue weighted by Crippen LogP contribution is 2.15. The minimum atomic E-state index is -3.32. The van der Waals surface area contributed by atoms with Crippen LogP contribution in [0.25, 0.3) is 0 Å². The third-order valence-corrected chi connectivity index (χ3v) is 4.04. The summed E-state index contributed by atoms with van der Waals surface area (Å²) in [5.41, 5.74) is 0. The van der Waals surface area contributed by atoms with E-state index < -0.39 is 26.2 Å². The monoisotopic (exact) mass is 193 g/mol. The van der Waals surface area contributed by atoms with Crippen molar-refractivity contribution in [3.63, 3.8) is 0 Å². The van der Waals surface area contributed by atoms with Crippen molar-refractivity contribution in [1.29, 1.82) is 0 Å². The summed E-state index contributed by atoms with van der Waals surface area (Å²) >= 11 is 0. The lowest BCUT2D eigenvalue weighted by molar-refractivity contribution is -0.118. The largest absolute Gasteiger partial charge is 0.358 e. The van der Waals surface area contributed by atoms with E-state index in [0.29, 0.717) is 0 Å². The lowest BCUT2D eigenvalue weighted by atomic mass is 10.3. The van der Waals surface area contributed by atoms with Gasteiger partial charge in [0, 0.05) is 7.05 Å². The molecule has 0 radical (unpaired) electrons. The Labute approximate surface area is 73.3 Å². The molecular weight excluding hydrogens is 178 g/mol. The van der Waals surface area contributed by atoms with Crippen LogP contribution in [-0.2, 0) is 14.6 Å². The van der Waals surface area contributed by atoms with Gasteiger partial charge in [-0.3, -0.25) is 4.79 Å². The van der Waals surface area contributed by atoms with Crippen molar-refractivity contribution in [2.24, 2.45) is 0 Å². The highest BCUT2D eigenvalue weighted by Gasteiger charge is 2.30. The van der Waals surface area contributed by atoms with E-state index in [9.17, 15) is 13.2 Å². The molecule has 0 saturated heterocycles. The van der Waals surface area contributed by atoms with Crippen LogP contribution < -0.4 is 5.32 Å². The SMILES string of the molecule is CNC(=O)CS(=O)(=O)C(C)(C)C. The van der Waals surface area contributed by atoms with Crippen LogP contribution >= 0.6 is 0 Å². The highest BCUT2D eigenvalue weighted by atomic mass is 32.2. The Morgan fingerprint density at radius 1 is 1.33 bits per heavy atom. The van der Waals surface area contributed by atoms with E-state index in [2.05, 4.69) is 5.32 Å². The molecule has 72 valence electrons. The fourth-order valence-corrected chi connectivity index (χ4v) is 1.38. The number of carbonyl (C=O) groups excluding carboxylic acids is 1. The number of hydrogen-bond donors (Lipinski definition) is 1. The lowest BCUT2D eigenvalue weighted by Gasteiger charge is -2.18. The van der Waals surface area contributed by atoms with Crippen molar-refractivity contribution in [2.75, 3.05) is 12.8 Å². The minimum absolute atomic E-state index is 0.438. The van der Waals surface area contributed by atoms with Gasteiger partial charge in [0.2, 0.25) is 5.91 Å². The van der Waals surface area contributed by atoms with E-state index in [1.54, 1.807) is 20.8 Å². The van der Waals surface area contributed by atoms with Gasteiger partial charge in [-0.2, -0.15) is 0 Å². The molecule has 0 spiro atoms. The summed E-state index contributed by atoms with van der Waals surface area (Å²) < 4.78 is 21.9. The molecular formula is C7H15NO3S. The predicted octanol–water partition coefficient (Wildman–Crippen LogP) is -0.0543. The smallest absolute Gasteiger partial charge is 0.234 e. The van der Waals surface area contributed by atoms with Crippen molar-refractivity contribution in [3.05, 3.63) is 0 Å². The first kappa shape index (κ1) is 11.4. The zero-order chi connectivity index (χ0) is 9.99. The van der Waals surface area contributed by atoms with Crippen molar-refractivity contribution >= 4 is 15.7 Å². The summed E-state index contributed by atoms with van der Waals surface area (Å²) in [7, 11) is -1.90. The molecule has 0 bridgehead atoms. The number of carbonyl (C=O) groups is 1. The Hall–Kier alpha value is -0.580. The number of amides is 1. The first-order valence-electron chi connectivity index (χ1n) is 3.63. The molecule has 0 aromatic heterocycles. The second-order valence-electron chi connectivity index (χ2n) is 3.54. The first-order chi connectivity index (χ1) is 5.20. The van der Waals surface area contributed by atoms with Gasteiger partial charge in [0.05, 0.1) is 4.75 Å². The second kappa shape index (κ2) is 3.43. The van der Waals surface area contributed by atoms with Gasteiger partial charge in [-0.1, -0.05) is 0 Å². The summed E-state index contributed by atoms with van der Waals surface area (Å²) in [5, 5.41) is 2.28. The Balaban J connectivity index is 4.58. The first-order valence-corrected chi connectivity index (χ1v) is 5.29. The zero-order valence-electron chi connectivity index (χ0n) is 7.84. The molecule has 0 unspecified atom stereocenters. The van der Waals surface area contributed by atoms with Gasteiger partial charge in [0.25, 0.3) is 0 Å². The van der Waals surface area contributed by atoms with Crippen LogP contribution in [0.3, 0.4) is 0 Å². The molecule has 0 aliphatic heterocycles. The molecule has 0 fully saturated rings. The molecule has 0 heterocycles. The third kappa shape index (κ3) is 2.81. The van der Waals surface area contributed by atoms with Crippen LogP contribution in [0.15, 0.2) is 0 Å². The average molecular weight is 193 g/mol. The van der Waals surface area contributed by atoms with Gasteiger partial charge in [-0.05, 0) is 20.8 Å². The second-order valence-corrected chi connectivity index (χ2v) is 6.29. The van der Waals surface area contributed by atoms with Crippen molar-refractivity contribution < 1.29 is 13.2 Å². The van der Waals surface area contributed by atoms with E-state index in [1.165, 1.54) is 7.05 Å². The molecule has 0 aliphatic carbocycles. The van der Waals surface area contributed by atoms with Gasteiger partial charge in [0.15, 0.2) is 9.84 Å². The average Bonchev–Trinajstić information content (AvgIpc) is 1.84. The van der Waals surface area contributed by atoms with Gasteiger partial charge in [0.1, 0.15) is 5.75 Å². The van der Waals surface area contributed by atoms with Gasteiger partial charge in [-0.25, -0.2) is 8.42 Å². The fraction of sp³-hybridized carbons (Fsp3) is 0.857. The Morgan fingerprint density at radius 2 is 1.75 bits per heavy atom. The molecule has 0 aromatic rings. The summed E-state index contributed by atoms with van der Waals surface area (Å²) in [6.07, 6.45) is 0. The third-order valence-electron chi connectivity index (χ3n) is 1.53. The quantitative estimate of drug-likeness (QED) is 0.668. The Kier molecular flexibility index (Phi) is 3.26. The maximum atomic E-state index is 11.4. The maximum Gasteiger partial charge on any atom is 0.234 e. The molecule has 12 heavy (non-hydrogen) atoms. The Bertz CT molecular complexity index is 261. The molecule has 4 nitrogen and oxygen atoms in total. The van der Waals surface area contributed by atoms with Gasteiger partial charge >= 0.3 is 0 Å². The van der Waals surface area contributed by atoms with Gasteiger partial charge < -0.3 is 5.32 Å². The fourth-order valence-electron chi connectivity index (χ4n) is 0.461. The number of nitrogens with one attached hydrogen (secondary N) is 1. The molecule has 1 N–H and O–H groups in total. The topological polar surface area (TPSA) is 63.2 Å². The Morgan fingerprint density at radius 3 is 2.00 bits per heavy atom. The molecule has 0 atom stereocenters. The van der Waals surface area contributed by atoms with E-state index in [-0.39, 0.29) is 0 Å². The maximum absolute atomic E-state index is 11.4. The van der Waals surface area contributed by atoms with Gasteiger partial charge in [-0.15, -0.1) is 0 Å². The molecule has 0 saturated carbocycles. The number of sulfone groups is 1. The van der Waals surface area contributed by atoms with Crippen LogP contribution in [0.2, 0.25) is 0 Å². The summed E-state index contributed by atoms with van der Waals surface area (Å²) in [5.74, 6) is -0.905. The van der Waals surface area contributed by atoms with Crippen LogP contribution in [0.4, 0.5) is 0 Å². The highest BCUT2D eigenvalue weighted by molar-refractivity contribution is 7.93. The number of hydrogen-bond acceptors (Lipinski definition) is 3. The zero-order valence-corrected chi connectivity index (χ0v) is 8.66. The number of rotatable bonds is 2. The van der Waals surface area contributed by atoms with E-state index in [4.69, 9.17) is 0 Å². The summed E-state index contributed by atoms with van der Waals surface area (Å²) in [4.78, 5) is 10.8. The van der Waals surface area contributed by atoms with Crippen molar-refractivity contribution in [3.8, 4) is 0 Å². The van der Waals surface area contributed by atoms with Crippen LogP contribution in [0.1, 0.15) is 20.8 Å². The normalized spacial score (nSPS) is 12.7. The summed E-state index contributed by atoms with van der Waals surface area (Å²) in [6.45, 7) is 4.72. The molecule has 1 amide bonds. The van der Waals surface area contributed by atoms with Crippen LogP contribution in [0.5, 0.6) is 0 Å². The molecule has 5 heteroatoms. The molecule has 0 aromatic carbocycles. The molecule has 0 aliphatic rings. The van der Waals surface area contributed by atoms with E-state index in [1.807, 2.05) is 0 Å². The summed E-state index contributed by atoms with van der Waals surface area (Å²) in [6, 6.07) is 0. The lowest BCUT2D eigenvalue weighted by Crippen LogP contribution is -2.37. The minimum Gasteiger partial charge on any atom is -0.358 e. The molecule has 0 rings (SSSR count). The van der Waals surface area contributed by atoms with Crippen molar-refractivity contribution in [2.45, 2.75) is 25.5 Å². The van der Waals surface area contributed by atoms with Crippen LogP contribution in [0, 0.1) is 0 Å². The van der Waals surface area contributed by atoms with Crippen LogP contribution in [-0.4, -0.2) is 31.9 Å². The van der Waals surface area contributed by atoms with E-state index in [0.717, 1.165) is 0 Å². The predicted molar refractivity (Wildman–Crippen MR) is 47.6 cm³/mol.